The molecule has 7 aromatic rings. The van der Waals surface area contributed by atoms with E-state index in [1.54, 1.807) is 32.9 Å². The fourth-order valence-corrected chi connectivity index (χ4v) is 15.1. The van der Waals surface area contributed by atoms with E-state index in [1.807, 2.05) is 50.2 Å². The molecule has 7 aliphatic heterocycles. The van der Waals surface area contributed by atoms with Crippen molar-refractivity contribution in [2.45, 2.75) is 171 Å². The number of carboxylic acids is 1. The number of phenols is 3. The second-order valence-electron chi connectivity index (χ2n) is 29.3. The number of hydrogen-bond acceptors (Lipinski definition) is 24. The molecule has 0 radical (unpaired) electrons. The molecule has 18 atom stereocenters. The SMILES string of the molecule is C.CC(C)C[C@H](C)C(=O)N[C@H]1C(=O)N[C@@H](CC(N)=O)C(=O)N[C@H]2C(=O)NC3C(=O)N[C@H](C(=O)N[C@@H](C(=O)O)c4cc(O)cc(O)c4-c4cc3ccc4O)[C@H](O)c3ccc(c(Cl)c3)Oc3cc2cc(c3OC2OC(CN)C(O)C(O)C2OC2CC(C)(NCc3ccc(-c4ccc(Cl)cc4)cc3)C(O)C(C)O2)Oc2ccc(cc2Cl)[C@H]1O. The summed E-state index contributed by atoms with van der Waals surface area (Å²) < 4.78 is 39.7. The van der Waals surface area contributed by atoms with Crippen molar-refractivity contribution in [1.29, 1.82) is 0 Å². The van der Waals surface area contributed by atoms with E-state index in [2.05, 4.69) is 37.2 Å². The van der Waals surface area contributed by atoms with Crippen LogP contribution >= 0.6 is 34.8 Å². The van der Waals surface area contributed by atoms with E-state index in [4.69, 9.17) is 74.7 Å². The van der Waals surface area contributed by atoms with Gasteiger partial charge >= 0.3 is 5.97 Å². The molecular weight excluding hydrogens is 1560 g/mol. The van der Waals surface area contributed by atoms with Gasteiger partial charge in [-0.3, -0.25) is 33.6 Å². The molecule has 2 fully saturated rings. The van der Waals surface area contributed by atoms with Crippen LogP contribution in [-0.2, 0) is 59.1 Å². The quantitative estimate of drug-likeness (QED) is 0.0534. The minimum absolute atomic E-state index is 0. The van der Waals surface area contributed by atoms with Crippen molar-refractivity contribution in [3.8, 4) is 68.2 Å². The Morgan fingerprint density at radius 3 is 1.84 bits per heavy atom. The van der Waals surface area contributed by atoms with Crippen LogP contribution in [0.25, 0.3) is 22.3 Å². The minimum Gasteiger partial charge on any atom is -0.508 e. The Hall–Kier alpha value is -10.4. The summed E-state index contributed by atoms with van der Waals surface area (Å²) in [7, 11) is 0. The van der Waals surface area contributed by atoms with E-state index in [0.717, 1.165) is 77.4 Å². The lowest BCUT2D eigenvalue weighted by atomic mass is 9.84. The van der Waals surface area contributed by atoms with E-state index < -0.39 is 231 Å². The lowest BCUT2D eigenvalue weighted by Crippen LogP contribution is -2.65. The molecule has 7 heterocycles. The third kappa shape index (κ3) is 18.6. The lowest BCUT2D eigenvalue weighted by molar-refractivity contribution is -0.331. The molecule has 10 unspecified atom stereocenters. The molecule has 115 heavy (non-hydrogen) atoms. The number of carbonyl (C=O) groups is 8. The molecule has 0 spiro atoms. The van der Waals surface area contributed by atoms with Gasteiger partial charge < -0.3 is 123 Å². The molecule has 14 rings (SSSR count). The van der Waals surface area contributed by atoms with Crippen molar-refractivity contribution in [2.24, 2.45) is 23.3 Å². The Morgan fingerprint density at radius 1 is 0.652 bits per heavy atom. The minimum atomic E-state index is -2.34. The zero-order valence-electron chi connectivity index (χ0n) is 61.6. The van der Waals surface area contributed by atoms with E-state index in [-0.39, 0.29) is 59.5 Å². The van der Waals surface area contributed by atoms with Crippen LogP contribution in [0.1, 0.15) is 125 Å². The van der Waals surface area contributed by atoms with Crippen LogP contribution in [0.2, 0.25) is 15.1 Å². The summed E-state index contributed by atoms with van der Waals surface area (Å²) in [5.41, 5.74) is 10.7. The smallest absolute Gasteiger partial charge is 0.330 e. The predicted molar refractivity (Wildman–Crippen MR) is 414 cm³/mol. The normalized spacial score (nSPS) is 27.1. The van der Waals surface area contributed by atoms with Gasteiger partial charge in [-0.1, -0.05) is 118 Å². The lowest BCUT2D eigenvalue weighted by Gasteiger charge is -2.48. The number of nitrogens with two attached hydrogens (primary N) is 2. The zero-order valence-corrected chi connectivity index (χ0v) is 63.8. The third-order valence-corrected chi connectivity index (χ3v) is 21.4. The van der Waals surface area contributed by atoms with Gasteiger partial charge in [0.1, 0.15) is 89.5 Å². The van der Waals surface area contributed by atoms with Gasteiger partial charge in [-0.2, -0.15) is 0 Å². The molecule has 32 nitrogen and oxygen atoms in total. The average molecular weight is 1650 g/mol. The molecule has 612 valence electrons. The summed E-state index contributed by atoms with van der Waals surface area (Å²) in [5, 5.41) is 124. The van der Waals surface area contributed by atoms with Gasteiger partial charge in [0.2, 0.25) is 53.4 Å². The molecule has 20 N–H and O–H groups in total. The number of ether oxygens (including phenoxy) is 6. The van der Waals surface area contributed by atoms with Crippen LogP contribution in [0.3, 0.4) is 0 Å². The number of carbonyl (C=O) groups excluding carboxylic acids is 7. The van der Waals surface area contributed by atoms with E-state index >= 15 is 14.4 Å². The van der Waals surface area contributed by atoms with Crippen LogP contribution < -0.4 is 62.9 Å². The Morgan fingerprint density at radius 2 is 1.24 bits per heavy atom. The monoisotopic (exact) mass is 1650 g/mol. The topological polar surface area (TPSA) is 510 Å². The van der Waals surface area contributed by atoms with Crippen LogP contribution in [0.4, 0.5) is 0 Å². The number of fused-ring (bicyclic) bond motifs is 15. The van der Waals surface area contributed by atoms with Crippen molar-refractivity contribution < 1.29 is 113 Å². The molecular formula is C80H88Cl3N9O23. The van der Waals surface area contributed by atoms with Crippen molar-refractivity contribution in [1.82, 2.24) is 37.2 Å². The molecule has 0 saturated carbocycles. The summed E-state index contributed by atoms with van der Waals surface area (Å²) in [6.07, 6.45) is -17.8. The summed E-state index contributed by atoms with van der Waals surface area (Å²) in [6, 6.07) is 15.7. The first-order chi connectivity index (χ1) is 54.1. The number of halogens is 3. The van der Waals surface area contributed by atoms with Crippen LogP contribution in [0.15, 0.2) is 127 Å². The van der Waals surface area contributed by atoms with Crippen molar-refractivity contribution in [2.75, 3.05) is 6.54 Å². The number of aromatic hydroxyl groups is 3. The van der Waals surface area contributed by atoms with E-state index in [9.17, 15) is 69.9 Å². The molecule has 2 saturated heterocycles. The number of nitrogens with one attached hydrogen (secondary N) is 7. The van der Waals surface area contributed by atoms with Gasteiger partial charge in [0, 0.05) is 58.7 Å². The average Bonchev–Trinajstić information content (AvgIpc) is 0.746. The number of aliphatic carboxylic acids is 1. The predicted octanol–water partition coefficient (Wildman–Crippen LogP) is 5.91. The number of aliphatic hydroxyl groups is 5. The number of phenolic OH excluding ortho intramolecular Hbond substituents is 3. The largest absolute Gasteiger partial charge is 0.508 e. The maximum Gasteiger partial charge on any atom is 0.330 e. The second kappa shape index (κ2) is 35.3. The first-order valence-corrected chi connectivity index (χ1v) is 37.4. The van der Waals surface area contributed by atoms with Gasteiger partial charge in [0.15, 0.2) is 29.9 Å². The maximum atomic E-state index is 16.2. The maximum absolute atomic E-state index is 16.2. The van der Waals surface area contributed by atoms with Crippen molar-refractivity contribution in [3.05, 3.63) is 176 Å². The van der Waals surface area contributed by atoms with E-state index in [0.29, 0.717) is 11.4 Å². The molecule has 7 aromatic carbocycles. The summed E-state index contributed by atoms with van der Waals surface area (Å²) in [5.74, 6) is -16.4. The highest BCUT2D eigenvalue weighted by Crippen LogP contribution is 2.50. The van der Waals surface area contributed by atoms with Crippen molar-refractivity contribution in [3.63, 3.8) is 0 Å². The number of amides is 7. The van der Waals surface area contributed by atoms with Crippen LogP contribution in [0, 0.1) is 11.8 Å². The number of aliphatic hydroxyl groups excluding tert-OH is 5. The third-order valence-electron chi connectivity index (χ3n) is 20.5. The first-order valence-electron chi connectivity index (χ1n) is 36.3. The molecule has 11 bridgehead atoms. The Balaban J connectivity index is 0.0000130. The first kappa shape index (κ1) is 85.5. The highest BCUT2D eigenvalue weighted by atomic mass is 35.5. The zero-order chi connectivity index (χ0) is 82.2. The highest BCUT2D eigenvalue weighted by Gasteiger charge is 2.52. The Labute approximate surface area is 673 Å². The van der Waals surface area contributed by atoms with E-state index in [1.165, 1.54) is 18.2 Å². The number of hydrogen-bond donors (Lipinski definition) is 18. The number of rotatable bonds is 16. The van der Waals surface area contributed by atoms with Gasteiger partial charge in [-0.15, -0.1) is 0 Å². The number of carboxylic acid groups (broad SMARTS) is 1. The van der Waals surface area contributed by atoms with Gasteiger partial charge in [0.25, 0.3) is 0 Å². The fraction of sp³-hybridized carbons (Fsp3) is 0.375. The molecule has 7 amide bonds. The second-order valence-corrected chi connectivity index (χ2v) is 30.5. The Kier molecular flexibility index (Phi) is 26.3. The molecule has 0 aromatic heterocycles. The molecule has 7 aliphatic rings. The highest BCUT2D eigenvalue weighted by molar-refractivity contribution is 6.32. The van der Waals surface area contributed by atoms with Gasteiger partial charge in [-0.25, -0.2) is 4.79 Å². The number of primary amides is 1. The van der Waals surface area contributed by atoms with Crippen molar-refractivity contribution >= 4 is 82.1 Å². The summed E-state index contributed by atoms with van der Waals surface area (Å²) in [6.45, 7) is 8.32. The molecule has 35 heteroatoms. The fourth-order valence-electron chi connectivity index (χ4n) is 14.5. The summed E-state index contributed by atoms with van der Waals surface area (Å²) in [4.78, 5) is 118. The van der Waals surface area contributed by atoms with Crippen LogP contribution in [-0.4, -0.2) is 173 Å². The van der Waals surface area contributed by atoms with Gasteiger partial charge in [0.05, 0.1) is 28.7 Å². The number of benzene rings is 7. The van der Waals surface area contributed by atoms with Gasteiger partial charge in [-0.05, 0) is 132 Å². The summed E-state index contributed by atoms with van der Waals surface area (Å²) >= 11 is 20.5. The van der Waals surface area contributed by atoms with Crippen LogP contribution in [0.5, 0.6) is 46.0 Å². The Bertz CT molecular complexity index is 4870. The standard InChI is InChI=1S/C79H84Cl3N9O23.CH4/c1-32(2)20-33(3)71(101)90-62-64(96)39-13-18-51(46(81)22-39)110-53-24-41-25-54(68(53)114-78-69(67(99)66(98)55(30-83)112-78)113-57-29-79(5,70(100)34(4)109-57)85-31-35-6-8-36(9-7-35)37-10-15-42(80)16-11-37)111-52-19-14-40(23-47(52)82)65(97)63-76(106)89-61(77(107)108)45-26-43(92)27-50(94)58(45)44-21-38(12-17-49(44)93)59(73(103)91-63)88-74(104)60(41)87-72(102)48(28-56(84)95)86-75(62)105;/h6-19,21-27,32-34,48,55,57,59-67,69-70,78,85,92-94,96-100H,20,28-31,83H2,1-5H3,(H2,84,95)(H,86,105)(H,87,102)(H,88,104)(H,89,106)(H,90,101)(H,91,103)(H,107,108);1H4/t33-,34?,48-,55?,57?,59?,60+,61+,62+,63-,64+,65+,66?,67?,69?,70?,78?,79?;/m0./s1. The molecule has 0 aliphatic carbocycles.